The highest BCUT2D eigenvalue weighted by Crippen LogP contribution is 2.23. The van der Waals surface area contributed by atoms with E-state index in [1.807, 2.05) is 14.1 Å². The molecule has 3 rings (SSSR count). The van der Waals surface area contributed by atoms with Gasteiger partial charge in [0.2, 0.25) is 11.9 Å². The van der Waals surface area contributed by atoms with E-state index in [1.165, 1.54) is 4.90 Å². The van der Waals surface area contributed by atoms with E-state index in [9.17, 15) is 14.7 Å². The molecule has 1 aromatic carbocycles. The van der Waals surface area contributed by atoms with E-state index in [2.05, 4.69) is 15.3 Å². The normalized spacial score (nSPS) is 16.6. The van der Waals surface area contributed by atoms with Crippen LogP contribution in [0.4, 0.5) is 11.8 Å². The number of piperazine rings is 1. The van der Waals surface area contributed by atoms with Crippen LogP contribution >= 0.6 is 0 Å². The van der Waals surface area contributed by atoms with Crippen LogP contribution in [0.15, 0.2) is 30.3 Å². The molecule has 0 bridgehead atoms. The van der Waals surface area contributed by atoms with Gasteiger partial charge in [-0.15, -0.1) is 0 Å². The number of aromatic nitrogens is 2. The number of nitrogens with one attached hydrogen (secondary N) is 1. The van der Waals surface area contributed by atoms with Gasteiger partial charge in [0.1, 0.15) is 11.9 Å². The number of carbonyl (C=O) groups excluding carboxylic acids is 2. The van der Waals surface area contributed by atoms with E-state index in [-0.39, 0.29) is 24.8 Å². The van der Waals surface area contributed by atoms with Crippen LogP contribution in [-0.2, 0) is 4.79 Å². The van der Waals surface area contributed by atoms with E-state index in [1.54, 1.807) is 35.2 Å². The van der Waals surface area contributed by atoms with Gasteiger partial charge in [0.15, 0.2) is 0 Å². The van der Waals surface area contributed by atoms with Crippen molar-refractivity contribution in [1.29, 1.82) is 0 Å². The summed E-state index contributed by atoms with van der Waals surface area (Å²) in [5.74, 6) is 0.385. The summed E-state index contributed by atoms with van der Waals surface area (Å²) in [7, 11) is 3.66. The van der Waals surface area contributed by atoms with Crippen molar-refractivity contribution in [1.82, 2.24) is 20.2 Å². The average molecular weight is 384 g/mol. The minimum Gasteiger partial charge on any atom is -0.396 e. The highest BCUT2D eigenvalue weighted by Gasteiger charge is 2.32. The first kappa shape index (κ1) is 19.6. The average Bonchev–Trinajstić information content (AvgIpc) is 2.68. The predicted octanol–water partition coefficient (Wildman–Crippen LogP) is 0.115. The van der Waals surface area contributed by atoms with Crippen LogP contribution in [0.1, 0.15) is 16.8 Å². The molecule has 0 radical (unpaired) electrons. The highest BCUT2D eigenvalue weighted by atomic mass is 16.3. The Bertz CT molecular complexity index is 868. The molecule has 0 aliphatic carbocycles. The number of anilines is 2. The molecule has 148 valence electrons. The number of rotatable bonds is 5. The van der Waals surface area contributed by atoms with Crippen molar-refractivity contribution < 1.29 is 14.7 Å². The maximum absolute atomic E-state index is 12.9. The van der Waals surface area contributed by atoms with Crippen molar-refractivity contribution in [2.45, 2.75) is 12.5 Å². The smallest absolute Gasteiger partial charge is 0.254 e. The van der Waals surface area contributed by atoms with Gasteiger partial charge in [-0.3, -0.25) is 9.59 Å². The zero-order valence-corrected chi connectivity index (χ0v) is 15.9. The summed E-state index contributed by atoms with van der Waals surface area (Å²) < 4.78 is 0. The second kappa shape index (κ2) is 8.22. The Hall–Kier alpha value is -3.20. The van der Waals surface area contributed by atoms with E-state index >= 15 is 0 Å². The molecular weight excluding hydrogens is 360 g/mol. The molecule has 9 heteroatoms. The molecule has 1 aliphatic rings. The van der Waals surface area contributed by atoms with E-state index in [0.717, 1.165) is 5.56 Å². The third-order valence-electron chi connectivity index (χ3n) is 4.56. The first-order chi connectivity index (χ1) is 13.4. The van der Waals surface area contributed by atoms with Gasteiger partial charge in [0.25, 0.3) is 5.91 Å². The summed E-state index contributed by atoms with van der Waals surface area (Å²) >= 11 is 0. The zero-order chi connectivity index (χ0) is 20.3. The van der Waals surface area contributed by atoms with Crippen molar-refractivity contribution in [2.24, 2.45) is 0 Å². The quantitative estimate of drug-likeness (QED) is 0.668. The molecular formula is C19H24N6O3. The van der Waals surface area contributed by atoms with Crippen LogP contribution in [0.5, 0.6) is 0 Å². The number of amides is 2. The summed E-state index contributed by atoms with van der Waals surface area (Å²) in [4.78, 5) is 36.9. The maximum atomic E-state index is 12.9. The van der Waals surface area contributed by atoms with Crippen molar-refractivity contribution in [3.05, 3.63) is 35.9 Å². The van der Waals surface area contributed by atoms with Crippen molar-refractivity contribution >= 4 is 23.6 Å². The fourth-order valence-corrected chi connectivity index (χ4v) is 3.12. The summed E-state index contributed by atoms with van der Waals surface area (Å²) in [6.07, 6.45) is 0.211. The maximum Gasteiger partial charge on any atom is 0.254 e. The largest absolute Gasteiger partial charge is 0.396 e. The van der Waals surface area contributed by atoms with Crippen molar-refractivity contribution in [3.63, 3.8) is 0 Å². The Labute approximate surface area is 163 Å². The number of aliphatic hydroxyl groups is 1. The molecule has 2 amide bonds. The van der Waals surface area contributed by atoms with Crippen LogP contribution in [0.2, 0.25) is 0 Å². The predicted molar refractivity (Wildman–Crippen MR) is 106 cm³/mol. The standard InChI is InChI=1S/C19H24N6O3/c1-24(2)19-22-14(11-16(20)23-19)12-3-5-13(6-4-12)18(28)25-9-8-21-17(27)15(25)7-10-26/h3-6,11,15,26H,7-10H2,1-2H3,(H,21,27)(H2,20,22,23). The molecule has 2 aromatic rings. The van der Waals surface area contributed by atoms with Crippen molar-refractivity contribution in [3.8, 4) is 11.3 Å². The lowest BCUT2D eigenvalue weighted by atomic mass is 10.0. The Kier molecular flexibility index (Phi) is 5.74. The van der Waals surface area contributed by atoms with E-state index in [4.69, 9.17) is 5.73 Å². The molecule has 0 saturated carbocycles. The first-order valence-electron chi connectivity index (χ1n) is 9.02. The minimum atomic E-state index is -0.657. The number of benzene rings is 1. The topological polar surface area (TPSA) is 125 Å². The SMILES string of the molecule is CN(C)c1nc(N)cc(-c2ccc(C(=O)N3CCNC(=O)C3CCO)cc2)n1. The van der Waals surface area contributed by atoms with Crippen molar-refractivity contribution in [2.75, 3.05) is 44.4 Å². The Morgan fingerprint density at radius 3 is 2.68 bits per heavy atom. The molecule has 4 N–H and O–H groups in total. The lowest BCUT2D eigenvalue weighted by Crippen LogP contribution is -2.57. The Morgan fingerprint density at radius 2 is 2.04 bits per heavy atom. The highest BCUT2D eigenvalue weighted by molar-refractivity contribution is 5.98. The summed E-state index contributed by atoms with van der Waals surface area (Å²) in [5, 5.41) is 11.9. The second-order valence-electron chi connectivity index (χ2n) is 6.77. The summed E-state index contributed by atoms with van der Waals surface area (Å²) in [5.41, 5.74) is 7.80. The second-order valence-corrected chi connectivity index (χ2v) is 6.77. The van der Waals surface area contributed by atoms with E-state index < -0.39 is 6.04 Å². The number of carbonyl (C=O) groups is 2. The molecule has 1 saturated heterocycles. The first-order valence-corrected chi connectivity index (χ1v) is 9.02. The molecule has 1 atom stereocenters. The van der Waals surface area contributed by atoms with Gasteiger partial charge in [-0.1, -0.05) is 12.1 Å². The van der Waals surface area contributed by atoms with E-state index in [0.29, 0.717) is 36.1 Å². The van der Waals surface area contributed by atoms with Gasteiger partial charge in [0.05, 0.1) is 5.69 Å². The van der Waals surface area contributed by atoms with Gasteiger partial charge in [-0.2, -0.15) is 4.98 Å². The molecule has 2 heterocycles. The van der Waals surface area contributed by atoms with Crippen LogP contribution in [0.3, 0.4) is 0 Å². The number of nitrogens with two attached hydrogens (primary N) is 1. The van der Waals surface area contributed by atoms with Gasteiger partial charge >= 0.3 is 0 Å². The monoisotopic (exact) mass is 384 g/mol. The van der Waals surface area contributed by atoms with Crippen LogP contribution in [0.25, 0.3) is 11.3 Å². The summed E-state index contributed by atoms with van der Waals surface area (Å²) in [6, 6.07) is 8.01. The molecule has 1 aliphatic heterocycles. The van der Waals surface area contributed by atoms with Crippen LogP contribution in [-0.4, -0.2) is 71.6 Å². The molecule has 1 unspecified atom stereocenters. The number of hydrogen-bond donors (Lipinski definition) is 3. The zero-order valence-electron chi connectivity index (χ0n) is 15.9. The van der Waals surface area contributed by atoms with Gasteiger partial charge in [-0.05, 0) is 18.6 Å². The molecule has 28 heavy (non-hydrogen) atoms. The van der Waals surface area contributed by atoms with Crippen LogP contribution < -0.4 is 16.0 Å². The third-order valence-corrected chi connectivity index (χ3v) is 4.56. The van der Waals surface area contributed by atoms with Gasteiger partial charge in [0, 0.05) is 51.0 Å². The number of nitrogen functional groups attached to an aromatic ring is 1. The Morgan fingerprint density at radius 1 is 1.32 bits per heavy atom. The van der Waals surface area contributed by atoms with Gasteiger partial charge in [-0.25, -0.2) is 4.98 Å². The number of hydrogen-bond acceptors (Lipinski definition) is 7. The summed E-state index contributed by atoms with van der Waals surface area (Å²) in [6.45, 7) is 0.647. The lowest BCUT2D eigenvalue weighted by molar-refractivity contribution is -0.128. The Balaban J connectivity index is 1.84. The third kappa shape index (κ3) is 4.04. The van der Waals surface area contributed by atoms with Crippen LogP contribution in [0, 0.1) is 0 Å². The molecule has 1 aromatic heterocycles. The van der Waals surface area contributed by atoms with Gasteiger partial charge < -0.3 is 26.0 Å². The lowest BCUT2D eigenvalue weighted by Gasteiger charge is -2.34. The fourth-order valence-electron chi connectivity index (χ4n) is 3.12. The molecule has 9 nitrogen and oxygen atoms in total. The minimum absolute atomic E-state index is 0.163. The molecule has 1 fully saturated rings. The number of aliphatic hydroxyl groups excluding tert-OH is 1. The number of nitrogens with zero attached hydrogens (tertiary/aromatic N) is 4. The fraction of sp³-hybridized carbons (Fsp3) is 0.368. The molecule has 0 spiro atoms.